The molecule has 8 nitrogen and oxygen atoms in total. The Morgan fingerprint density at radius 3 is 0.640 bits per heavy atom. The third-order valence-corrected chi connectivity index (χ3v) is 7.07. The van der Waals surface area contributed by atoms with Gasteiger partial charge in [0.05, 0.1) is 0 Å². The molecule has 75 heavy (non-hydrogen) atoms. The van der Waals surface area contributed by atoms with Gasteiger partial charge in [0.15, 0.2) is 0 Å². The summed E-state index contributed by atoms with van der Waals surface area (Å²) in [5.74, 6) is 0. The number of aldehydes is 1. The van der Waals surface area contributed by atoms with Crippen LogP contribution in [0.25, 0.3) is 0 Å². The lowest BCUT2D eigenvalue weighted by Gasteiger charge is -1.97. The van der Waals surface area contributed by atoms with E-state index >= 15 is 0 Å². The number of likely N-dealkylation sites (N-methyl/N-ethyl adjacent to an activating group) is 3. The van der Waals surface area contributed by atoms with E-state index in [-0.39, 0.29) is 29.7 Å². The minimum atomic E-state index is 0. The number of alkyl halides is 1. The highest BCUT2D eigenvalue weighted by Crippen LogP contribution is 2.00. The second kappa shape index (κ2) is 134. The summed E-state index contributed by atoms with van der Waals surface area (Å²) in [6.07, 6.45) is 7.56. The molecule has 448 valence electrons. The predicted molar refractivity (Wildman–Crippen MR) is 374 cm³/mol. The number of rotatable bonds is 13. The van der Waals surface area contributed by atoms with Crippen LogP contribution in [0.3, 0.4) is 0 Å². The summed E-state index contributed by atoms with van der Waals surface area (Å²) in [5.41, 5.74) is 17.6. The van der Waals surface area contributed by atoms with Gasteiger partial charge in [0.1, 0.15) is 6.29 Å². The molecule has 0 heterocycles. The Kier molecular flexibility index (Phi) is 175. The fourth-order valence-electron chi connectivity index (χ4n) is 4.36. The SMILES string of the molecule is C.C.C.C.CC.CC.CC.CC=O.CCl.CNCCc1ccccc1.CNCCc1ccccc1.CNCCc1ccccc1.CO.CO.NCCc1ccccc1.NCCc1ccccc1.[3H]CP.[3H]CP.[3H]CP.[3H]CP. The molecule has 0 radical (unpaired) electrons. The molecule has 9 N–H and O–H groups in total. The minimum absolute atomic E-state index is 0. The first-order valence-corrected chi connectivity index (χ1v) is 27.9. The smallest absolute Gasteiger partial charge is 0.116 e. The first kappa shape index (κ1) is 98.0. The van der Waals surface area contributed by atoms with Crippen molar-refractivity contribution in [3.8, 4) is 0 Å². The molecule has 0 amide bonds. The topological polar surface area (TPSA) is 146 Å². The van der Waals surface area contributed by atoms with Crippen molar-refractivity contribution in [2.24, 2.45) is 11.5 Å². The fourth-order valence-corrected chi connectivity index (χ4v) is 4.36. The molecule has 0 aromatic heterocycles. The molecule has 0 aliphatic heterocycles. The Hall–Kier alpha value is -2.50. The van der Waals surface area contributed by atoms with Crippen molar-refractivity contribution >= 4 is 54.8 Å². The van der Waals surface area contributed by atoms with Crippen molar-refractivity contribution in [1.29, 1.82) is 0 Å². The standard InChI is InChI=1S/3C9H13N.2C8H11N.C2H4O.3C2H6.CH3Cl.2CH4O.4CH5P.4CH4/c3*1-10-8-7-9-5-3-2-4-6-9;2*9-7-6-8-4-2-1-3-5-8;1-2-3;10*1-2;;;;/h3*2-6,10H,7-8H2,1H3;2*1-5H,6-7,9H2;2H,1H3;3*1-2H3;1H3;2*2H,1H3;4*2H2,1H3;4*1H4/i;;;;;;;;;;;;4*1T;;;;. The number of carbonyl (C=O) groups is 1. The molecule has 0 spiro atoms. The van der Waals surface area contributed by atoms with E-state index in [1.54, 1.807) is 0 Å². The van der Waals surface area contributed by atoms with Crippen molar-refractivity contribution in [1.82, 2.24) is 16.0 Å². The fraction of sp³-hybridized carbons (Fsp3) is 0.500. The van der Waals surface area contributed by atoms with E-state index in [1.807, 2.05) is 117 Å². The van der Waals surface area contributed by atoms with Crippen molar-refractivity contribution in [3.63, 3.8) is 0 Å². The molecule has 0 aliphatic rings. The molecule has 0 saturated carbocycles. The van der Waals surface area contributed by atoms with E-state index in [0.717, 1.165) is 85.3 Å². The Morgan fingerprint density at radius 2 is 0.533 bits per heavy atom. The number of aliphatic hydroxyl groups is 2. The Bertz CT molecular complexity index is 1350. The van der Waals surface area contributed by atoms with Crippen LogP contribution in [0.1, 0.15) is 111 Å². The Morgan fingerprint density at radius 1 is 0.413 bits per heavy atom. The van der Waals surface area contributed by atoms with Crippen LogP contribution in [-0.4, -0.2) is 118 Å². The lowest BCUT2D eigenvalue weighted by Crippen LogP contribution is -2.09. The predicted octanol–water partition coefficient (Wildman–Crippen LogP) is 14.6. The number of hydrogen-bond donors (Lipinski definition) is 7. The van der Waals surface area contributed by atoms with Crippen LogP contribution in [0.15, 0.2) is 152 Å². The van der Waals surface area contributed by atoms with E-state index < -0.39 is 0 Å². The summed E-state index contributed by atoms with van der Waals surface area (Å²) in [6, 6.07) is 52.0. The van der Waals surface area contributed by atoms with Crippen LogP contribution in [0.4, 0.5) is 0 Å². The maximum absolute atomic E-state index is 8.81. The molecule has 0 fully saturated rings. The number of hydrogen-bond acceptors (Lipinski definition) is 8. The van der Waals surface area contributed by atoms with Gasteiger partial charge in [-0.15, -0.1) is 48.6 Å². The number of nitrogens with one attached hydrogen (secondary N) is 3. The van der Waals surface area contributed by atoms with Gasteiger partial charge in [0.2, 0.25) is 0 Å². The van der Waals surface area contributed by atoms with Gasteiger partial charge in [0.25, 0.3) is 0 Å². The molecule has 0 bridgehead atoms. The highest BCUT2D eigenvalue weighted by molar-refractivity contribution is 7.15. The van der Waals surface area contributed by atoms with Crippen LogP contribution in [0.2, 0.25) is 0 Å². The zero-order valence-electron chi connectivity index (χ0n) is 51.1. The molecule has 5 aromatic rings. The number of halogens is 1. The number of benzene rings is 5. The molecule has 0 aliphatic carbocycles. The largest absolute Gasteiger partial charge is 0.400 e. The summed E-state index contributed by atoms with van der Waals surface area (Å²) < 4.78 is 24.7. The maximum atomic E-state index is 8.81. The van der Waals surface area contributed by atoms with E-state index in [1.165, 1.54) is 41.1 Å². The summed E-state index contributed by atoms with van der Waals surface area (Å²) in [7, 11) is 16.9. The molecule has 4 unspecified atom stereocenters. The van der Waals surface area contributed by atoms with E-state index in [2.05, 4.69) is 162 Å². The third-order valence-electron chi connectivity index (χ3n) is 7.07. The molecule has 13 heteroatoms. The number of carbonyl (C=O) groups excluding carboxylic acids is 1. The second-order valence-electron chi connectivity index (χ2n) is 11.3. The van der Waals surface area contributed by atoms with Crippen LogP contribution < -0.4 is 27.4 Å². The average Bonchev–Trinajstić information content (AvgIpc) is 3.48. The monoisotopic (exact) mass is 1160 g/mol. The van der Waals surface area contributed by atoms with E-state index in [4.69, 9.17) is 32.0 Å². The summed E-state index contributed by atoms with van der Waals surface area (Å²) in [5, 5.41) is 23.3. The highest BCUT2D eigenvalue weighted by Gasteiger charge is 1.89. The van der Waals surface area contributed by atoms with Gasteiger partial charge in [-0.05, 0) is 121 Å². The molecule has 5 aromatic carbocycles. The van der Waals surface area contributed by atoms with E-state index in [9.17, 15) is 0 Å². The molecular weight excluding hydrogens is 1020 g/mol. The first-order chi connectivity index (χ1) is 36.7. The Balaban J connectivity index is -0.0000000444. The lowest BCUT2D eigenvalue weighted by molar-refractivity contribution is -0.106. The summed E-state index contributed by atoms with van der Waals surface area (Å²) in [6.45, 7) is 19.8. The highest BCUT2D eigenvalue weighted by atomic mass is 35.5. The van der Waals surface area contributed by atoms with Crippen molar-refractivity contribution < 1.29 is 20.5 Å². The van der Waals surface area contributed by atoms with Crippen molar-refractivity contribution in [2.45, 2.75) is 110 Å². The summed E-state index contributed by atoms with van der Waals surface area (Å²) in [4.78, 5) is 8.81. The van der Waals surface area contributed by atoms with Gasteiger partial charge in [-0.2, -0.15) is 0 Å². The van der Waals surface area contributed by atoms with Gasteiger partial charge in [0, 0.05) is 26.1 Å². The van der Waals surface area contributed by atoms with Crippen molar-refractivity contribution in [3.05, 3.63) is 179 Å². The third kappa shape index (κ3) is 112. The molecule has 4 atom stereocenters. The lowest BCUT2D eigenvalue weighted by atomic mass is 10.2. The zero-order chi connectivity index (χ0) is 60.3. The average molecular weight is 1160 g/mol. The first-order valence-electron chi connectivity index (χ1n) is 26.7. The molecule has 5 rings (SSSR count). The quantitative estimate of drug-likeness (QED) is 0.0351. The van der Waals surface area contributed by atoms with Crippen LogP contribution >= 0.6 is 48.6 Å². The van der Waals surface area contributed by atoms with Gasteiger partial charge in [-0.1, -0.05) is 249 Å². The normalized spacial score (nSPS) is 7.81. The van der Waals surface area contributed by atoms with Gasteiger partial charge >= 0.3 is 0 Å². The van der Waals surface area contributed by atoms with Crippen LogP contribution in [-0.2, 0) is 36.9 Å². The van der Waals surface area contributed by atoms with Crippen LogP contribution in [0, 0.1) is 0 Å². The van der Waals surface area contributed by atoms with Gasteiger partial charge in [-0.25, -0.2) is 0 Å². The van der Waals surface area contributed by atoms with Gasteiger partial charge in [-0.3, -0.25) is 0 Å². The maximum Gasteiger partial charge on any atom is 0.116 e. The summed E-state index contributed by atoms with van der Waals surface area (Å²) >= 11 is 4.64. The van der Waals surface area contributed by atoms with Crippen LogP contribution in [0.5, 0.6) is 0 Å². The second-order valence-corrected chi connectivity index (χ2v) is 11.3. The Labute approximate surface area is 491 Å². The van der Waals surface area contributed by atoms with Gasteiger partial charge < -0.3 is 42.4 Å². The molecule has 0 saturated heterocycles. The van der Waals surface area contributed by atoms with E-state index in [0.29, 0.717) is 26.6 Å². The minimum Gasteiger partial charge on any atom is -0.400 e. The van der Waals surface area contributed by atoms with Crippen molar-refractivity contribution in [2.75, 3.05) is 101 Å². The number of nitrogens with two attached hydrogens (primary N) is 2. The zero-order valence-corrected chi connectivity index (χ0v) is 52.4. The number of aliphatic hydroxyl groups excluding tert-OH is 2. The molecular formula is C62H130ClN5O3P4.